The Morgan fingerprint density at radius 1 is 1.20 bits per heavy atom. The van der Waals surface area contributed by atoms with E-state index in [1.807, 2.05) is 18.2 Å². The molecule has 0 heterocycles. The molecule has 25 heavy (non-hydrogen) atoms. The summed E-state index contributed by atoms with van der Waals surface area (Å²) >= 11 is 8.36. The average molecular weight is 479 g/mol. The van der Waals surface area contributed by atoms with Crippen LogP contribution < -0.4 is 10.8 Å². The van der Waals surface area contributed by atoms with Crippen LogP contribution in [0.25, 0.3) is 0 Å². The number of carbonyl (C=O) groups excluding carboxylic acids is 1. The maximum absolute atomic E-state index is 13.2. The first kappa shape index (κ1) is 18.3. The van der Waals surface area contributed by atoms with Gasteiger partial charge in [0.1, 0.15) is 0 Å². The van der Waals surface area contributed by atoms with Gasteiger partial charge in [-0.1, -0.05) is 11.6 Å². The van der Waals surface area contributed by atoms with E-state index in [4.69, 9.17) is 16.4 Å². The normalized spacial score (nSPS) is 14.9. The van der Waals surface area contributed by atoms with Crippen LogP contribution in [0, 0.1) is 21.1 Å². The largest absolute Gasteiger partial charge is 0.357 e. The van der Waals surface area contributed by atoms with Crippen LogP contribution in [0.1, 0.15) is 23.2 Å². The molecule has 1 amide bonds. The Labute approximate surface area is 162 Å². The molecule has 1 atom stereocenters. The standard InChI is InChI=1S/C17H14ClF2IN2O2/c18-12-8-11(21)4-6-15(12)22-17(9-1-2-9)25-23-16(24)10-3-5-13(19)14(20)7-10/h3-9,17,22H,1-2H2,(H,23,24). The van der Waals surface area contributed by atoms with Crippen LogP contribution in [0.2, 0.25) is 5.02 Å². The zero-order chi connectivity index (χ0) is 18.0. The number of hydroxylamine groups is 1. The summed E-state index contributed by atoms with van der Waals surface area (Å²) in [7, 11) is 0. The zero-order valence-corrected chi connectivity index (χ0v) is 15.8. The molecule has 1 saturated carbocycles. The van der Waals surface area contributed by atoms with Crippen LogP contribution >= 0.6 is 34.2 Å². The van der Waals surface area contributed by atoms with Crippen molar-refractivity contribution in [3.8, 4) is 0 Å². The van der Waals surface area contributed by atoms with Crippen LogP contribution in [-0.2, 0) is 4.84 Å². The summed E-state index contributed by atoms with van der Waals surface area (Å²) in [5, 5.41) is 3.71. The number of nitrogens with one attached hydrogen (secondary N) is 2. The van der Waals surface area contributed by atoms with Gasteiger partial charge in [-0.05, 0) is 71.8 Å². The lowest BCUT2D eigenvalue weighted by Crippen LogP contribution is -2.35. The van der Waals surface area contributed by atoms with Crippen molar-refractivity contribution in [3.63, 3.8) is 0 Å². The van der Waals surface area contributed by atoms with E-state index in [-0.39, 0.29) is 11.5 Å². The van der Waals surface area contributed by atoms with Gasteiger partial charge in [0.2, 0.25) is 0 Å². The molecule has 3 rings (SSSR count). The van der Waals surface area contributed by atoms with Crippen molar-refractivity contribution >= 4 is 45.8 Å². The molecule has 1 aliphatic rings. The third kappa shape index (κ3) is 4.80. The molecule has 0 bridgehead atoms. The molecule has 0 spiro atoms. The molecule has 2 N–H and O–H groups in total. The summed E-state index contributed by atoms with van der Waals surface area (Å²) in [4.78, 5) is 17.5. The maximum atomic E-state index is 13.2. The fraction of sp³-hybridized carbons (Fsp3) is 0.235. The lowest BCUT2D eigenvalue weighted by molar-refractivity contribution is -0.0126. The highest BCUT2D eigenvalue weighted by molar-refractivity contribution is 14.1. The van der Waals surface area contributed by atoms with Gasteiger partial charge in [0.05, 0.1) is 10.7 Å². The number of hydrogen-bond acceptors (Lipinski definition) is 3. The SMILES string of the molecule is O=C(NOC(Nc1ccc(I)cc1Cl)C1CC1)c1ccc(F)c(F)c1. The van der Waals surface area contributed by atoms with Crippen molar-refractivity contribution in [2.45, 2.75) is 19.1 Å². The molecular weight excluding hydrogens is 465 g/mol. The Hall–Kier alpha value is -1.45. The van der Waals surface area contributed by atoms with Gasteiger partial charge >= 0.3 is 0 Å². The highest BCUT2D eigenvalue weighted by atomic mass is 127. The minimum atomic E-state index is -1.09. The van der Waals surface area contributed by atoms with Gasteiger partial charge in [-0.25, -0.2) is 19.1 Å². The van der Waals surface area contributed by atoms with Crippen molar-refractivity contribution in [2.75, 3.05) is 5.32 Å². The average Bonchev–Trinajstić information content (AvgIpc) is 3.40. The molecule has 1 fully saturated rings. The van der Waals surface area contributed by atoms with Gasteiger partial charge in [-0.15, -0.1) is 0 Å². The molecule has 0 aliphatic heterocycles. The van der Waals surface area contributed by atoms with Gasteiger partial charge in [-0.3, -0.25) is 4.79 Å². The van der Waals surface area contributed by atoms with Crippen molar-refractivity contribution in [1.82, 2.24) is 5.48 Å². The number of amides is 1. The summed E-state index contributed by atoms with van der Waals surface area (Å²) in [6.07, 6.45) is 1.45. The number of halogens is 4. The van der Waals surface area contributed by atoms with E-state index in [9.17, 15) is 13.6 Å². The first-order valence-corrected chi connectivity index (χ1v) is 9.02. The molecule has 0 saturated heterocycles. The first-order chi connectivity index (χ1) is 11.9. The second kappa shape index (κ2) is 7.84. The van der Waals surface area contributed by atoms with Crippen LogP contribution in [0.3, 0.4) is 0 Å². The Morgan fingerprint density at radius 2 is 1.96 bits per heavy atom. The first-order valence-electron chi connectivity index (χ1n) is 7.56. The van der Waals surface area contributed by atoms with Crippen LogP contribution in [0.15, 0.2) is 36.4 Å². The van der Waals surface area contributed by atoms with Gasteiger partial charge in [0.15, 0.2) is 17.9 Å². The van der Waals surface area contributed by atoms with Crippen molar-refractivity contribution in [3.05, 3.63) is 62.2 Å². The monoisotopic (exact) mass is 478 g/mol. The Kier molecular flexibility index (Phi) is 5.75. The van der Waals surface area contributed by atoms with Gasteiger partial charge < -0.3 is 5.32 Å². The molecule has 132 valence electrons. The van der Waals surface area contributed by atoms with E-state index in [1.165, 1.54) is 6.07 Å². The zero-order valence-electron chi connectivity index (χ0n) is 12.9. The minimum absolute atomic E-state index is 0.0271. The lowest BCUT2D eigenvalue weighted by Gasteiger charge is -2.20. The molecule has 0 radical (unpaired) electrons. The Morgan fingerprint density at radius 3 is 2.60 bits per heavy atom. The third-order valence-corrected chi connectivity index (χ3v) is 4.72. The molecular formula is C17H14ClF2IN2O2. The van der Waals surface area contributed by atoms with E-state index >= 15 is 0 Å². The molecule has 1 unspecified atom stereocenters. The second-order valence-corrected chi connectivity index (χ2v) is 7.36. The van der Waals surface area contributed by atoms with E-state index in [0.29, 0.717) is 10.7 Å². The van der Waals surface area contributed by atoms with Crippen molar-refractivity contribution in [2.24, 2.45) is 5.92 Å². The summed E-state index contributed by atoms with van der Waals surface area (Å²) < 4.78 is 27.2. The molecule has 1 aliphatic carbocycles. The smallest absolute Gasteiger partial charge is 0.275 e. The van der Waals surface area contributed by atoms with Gasteiger partial charge in [0, 0.05) is 15.1 Å². The molecule has 4 nitrogen and oxygen atoms in total. The quantitative estimate of drug-likeness (QED) is 0.358. The summed E-state index contributed by atoms with van der Waals surface area (Å²) in [6, 6.07) is 8.45. The van der Waals surface area contributed by atoms with Crippen LogP contribution in [0.5, 0.6) is 0 Å². The Balaban J connectivity index is 1.64. The molecule has 0 aromatic heterocycles. The summed E-state index contributed by atoms with van der Waals surface area (Å²) in [6.45, 7) is 0. The maximum Gasteiger partial charge on any atom is 0.275 e. The number of benzene rings is 2. The van der Waals surface area contributed by atoms with E-state index < -0.39 is 23.8 Å². The molecule has 8 heteroatoms. The number of rotatable bonds is 6. The summed E-state index contributed by atoms with van der Waals surface area (Å²) in [5.74, 6) is -2.51. The fourth-order valence-electron chi connectivity index (χ4n) is 2.22. The summed E-state index contributed by atoms with van der Waals surface area (Å²) in [5.41, 5.74) is 2.95. The number of hydrogen-bond donors (Lipinski definition) is 2. The molecule has 2 aromatic carbocycles. The third-order valence-electron chi connectivity index (χ3n) is 3.74. The topological polar surface area (TPSA) is 50.4 Å². The highest BCUT2D eigenvalue weighted by Gasteiger charge is 2.33. The number of anilines is 1. The number of carbonyl (C=O) groups is 1. The Bertz CT molecular complexity index is 802. The fourth-order valence-corrected chi connectivity index (χ4v) is 3.13. The van der Waals surface area contributed by atoms with Crippen molar-refractivity contribution < 1.29 is 18.4 Å². The van der Waals surface area contributed by atoms with Crippen molar-refractivity contribution in [1.29, 1.82) is 0 Å². The van der Waals surface area contributed by atoms with Crippen LogP contribution in [-0.4, -0.2) is 12.1 Å². The van der Waals surface area contributed by atoms with Crippen LogP contribution in [0.4, 0.5) is 14.5 Å². The van der Waals surface area contributed by atoms with E-state index in [1.54, 1.807) is 0 Å². The molecule has 2 aromatic rings. The van der Waals surface area contributed by atoms with Gasteiger partial charge in [0.25, 0.3) is 5.91 Å². The predicted octanol–water partition coefficient (Wildman–Crippen LogP) is 4.73. The van der Waals surface area contributed by atoms with E-state index in [2.05, 4.69) is 33.4 Å². The van der Waals surface area contributed by atoms with E-state index in [0.717, 1.165) is 28.5 Å². The second-order valence-electron chi connectivity index (χ2n) is 5.70. The minimum Gasteiger partial charge on any atom is -0.357 e. The lowest BCUT2D eigenvalue weighted by atomic mass is 10.2. The highest BCUT2D eigenvalue weighted by Crippen LogP contribution is 2.36. The van der Waals surface area contributed by atoms with Gasteiger partial charge in [-0.2, -0.15) is 0 Å². The predicted molar refractivity (Wildman–Crippen MR) is 99.2 cm³/mol.